The molecule has 0 aromatic heterocycles. The zero-order valence-electron chi connectivity index (χ0n) is 11.3. The predicted octanol–water partition coefficient (Wildman–Crippen LogP) is 3.65. The normalized spacial score (nSPS) is 15.9. The summed E-state index contributed by atoms with van der Waals surface area (Å²) >= 11 is 3.10. The summed E-state index contributed by atoms with van der Waals surface area (Å²) in [6.07, 6.45) is -1.88. The van der Waals surface area contributed by atoms with Gasteiger partial charge in [0.2, 0.25) is 0 Å². The minimum atomic E-state index is -4.31. The van der Waals surface area contributed by atoms with Gasteiger partial charge in [0.25, 0.3) is 0 Å². The lowest BCUT2D eigenvalue weighted by atomic mass is 10.1. The number of halogens is 4. The molecule has 2 nitrogen and oxygen atoms in total. The molecule has 1 saturated carbocycles. The van der Waals surface area contributed by atoms with Crippen LogP contribution in [0.2, 0.25) is 0 Å². The van der Waals surface area contributed by atoms with Crippen LogP contribution in [0, 0.1) is 0 Å². The average Bonchev–Trinajstić information content (AvgIpc) is 3.14. The number of hydrogen-bond donors (Lipinski definition) is 1. The molecule has 1 aromatic carbocycles. The standard InChI is InChI=1S/C14H18BrF3N2/c1-20(7-6-19-12-4-5-12)9-10-2-3-11(15)8-13(10)14(16,17)18/h2-3,8,12,19H,4-7,9H2,1H3. The second kappa shape index (κ2) is 6.45. The lowest BCUT2D eigenvalue weighted by Crippen LogP contribution is -2.30. The van der Waals surface area contributed by atoms with Crippen molar-refractivity contribution in [3.63, 3.8) is 0 Å². The first-order chi connectivity index (χ1) is 9.36. The molecule has 20 heavy (non-hydrogen) atoms. The summed E-state index contributed by atoms with van der Waals surface area (Å²) in [5, 5.41) is 3.36. The molecule has 0 spiro atoms. The highest BCUT2D eigenvalue weighted by Gasteiger charge is 2.33. The number of nitrogens with one attached hydrogen (secondary N) is 1. The third kappa shape index (κ3) is 4.75. The molecular weight excluding hydrogens is 333 g/mol. The Balaban J connectivity index is 1.96. The van der Waals surface area contributed by atoms with E-state index in [9.17, 15) is 13.2 Å². The van der Waals surface area contributed by atoms with E-state index in [2.05, 4.69) is 21.2 Å². The maximum Gasteiger partial charge on any atom is 0.416 e. The fourth-order valence-electron chi connectivity index (χ4n) is 2.07. The Bertz CT molecular complexity index is 458. The Labute approximate surface area is 125 Å². The maximum absolute atomic E-state index is 13.0. The summed E-state index contributed by atoms with van der Waals surface area (Å²) in [5.41, 5.74) is -0.247. The van der Waals surface area contributed by atoms with Gasteiger partial charge < -0.3 is 10.2 Å². The molecule has 0 atom stereocenters. The molecule has 1 aliphatic rings. The monoisotopic (exact) mass is 350 g/mol. The van der Waals surface area contributed by atoms with Crippen molar-refractivity contribution in [1.82, 2.24) is 10.2 Å². The number of rotatable bonds is 6. The van der Waals surface area contributed by atoms with E-state index in [1.54, 1.807) is 6.07 Å². The van der Waals surface area contributed by atoms with E-state index >= 15 is 0 Å². The van der Waals surface area contributed by atoms with Crippen molar-refractivity contribution in [1.29, 1.82) is 0 Å². The Morgan fingerprint density at radius 1 is 1.35 bits per heavy atom. The minimum Gasteiger partial charge on any atom is -0.313 e. The van der Waals surface area contributed by atoms with Crippen LogP contribution >= 0.6 is 15.9 Å². The minimum absolute atomic E-state index is 0.300. The van der Waals surface area contributed by atoms with Crippen LogP contribution in [0.5, 0.6) is 0 Å². The van der Waals surface area contributed by atoms with Crippen molar-refractivity contribution >= 4 is 15.9 Å². The molecule has 1 aliphatic carbocycles. The molecule has 0 bridgehead atoms. The Kier molecular flexibility index (Phi) is 5.09. The molecule has 2 rings (SSSR count). The number of benzene rings is 1. The molecular formula is C14H18BrF3N2. The largest absolute Gasteiger partial charge is 0.416 e. The zero-order chi connectivity index (χ0) is 14.8. The van der Waals surface area contributed by atoms with Gasteiger partial charge in [0, 0.05) is 30.1 Å². The van der Waals surface area contributed by atoms with Crippen LogP contribution in [0.3, 0.4) is 0 Å². The summed E-state index contributed by atoms with van der Waals surface area (Å²) in [6, 6.07) is 4.96. The van der Waals surface area contributed by atoms with E-state index in [1.165, 1.54) is 18.9 Å². The maximum atomic E-state index is 13.0. The van der Waals surface area contributed by atoms with E-state index in [0.717, 1.165) is 19.2 Å². The summed E-state index contributed by atoms with van der Waals surface area (Å²) in [6.45, 7) is 1.86. The zero-order valence-corrected chi connectivity index (χ0v) is 12.9. The fourth-order valence-corrected chi connectivity index (χ4v) is 2.43. The van der Waals surface area contributed by atoms with Gasteiger partial charge in [0.05, 0.1) is 5.56 Å². The number of hydrogen-bond acceptors (Lipinski definition) is 2. The summed E-state index contributed by atoms with van der Waals surface area (Å²) in [4.78, 5) is 1.91. The van der Waals surface area contributed by atoms with Gasteiger partial charge in [-0.15, -0.1) is 0 Å². The second-order valence-corrected chi connectivity index (χ2v) is 6.18. The van der Waals surface area contributed by atoms with Gasteiger partial charge >= 0.3 is 6.18 Å². The molecule has 0 unspecified atom stereocenters. The van der Waals surface area contributed by atoms with Crippen LogP contribution in [-0.2, 0) is 12.7 Å². The highest BCUT2D eigenvalue weighted by atomic mass is 79.9. The summed E-state index contributed by atoms with van der Waals surface area (Å²) in [5.74, 6) is 0. The van der Waals surface area contributed by atoms with Gasteiger partial charge in [0.15, 0.2) is 0 Å². The molecule has 112 valence electrons. The van der Waals surface area contributed by atoms with Crippen LogP contribution in [-0.4, -0.2) is 31.1 Å². The number of alkyl halides is 3. The Hall–Kier alpha value is -0.590. The van der Waals surface area contributed by atoms with Crippen LogP contribution in [0.1, 0.15) is 24.0 Å². The van der Waals surface area contributed by atoms with E-state index in [4.69, 9.17) is 0 Å². The number of nitrogens with zero attached hydrogens (tertiary/aromatic N) is 1. The van der Waals surface area contributed by atoms with Gasteiger partial charge in [-0.2, -0.15) is 13.2 Å². The van der Waals surface area contributed by atoms with Crippen LogP contribution < -0.4 is 5.32 Å². The van der Waals surface area contributed by atoms with Crippen molar-refractivity contribution in [2.24, 2.45) is 0 Å². The first kappa shape index (κ1) is 15.8. The predicted molar refractivity (Wildman–Crippen MR) is 76.5 cm³/mol. The first-order valence-corrected chi connectivity index (χ1v) is 7.43. The average molecular weight is 351 g/mol. The van der Waals surface area contributed by atoms with Gasteiger partial charge in [-0.3, -0.25) is 0 Å². The molecule has 1 aromatic rings. The highest BCUT2D eigenvalue weighted by molar-refractivity contribution is 9.10. The van der Waals surface area contributed by atoms with Gasteiger partial charge in [0.1, 0.15) is 0 Å². The van der Waals surface area contributed by atoms with Crippen LogP contribution in [0.25, 0.3) is 0 Å². The quantitative estimate of drug-likeness (QED) is 0.842. The van der Waals surface area contributed by atoms with E-state index in [1.807, 2.05) is 11.9 Å². The SMILES string of the molecule is CN(CCNC1CC1)Cc1ccc(Br)cc1C(F)(F)F. The van der Waals surface area contributed by atoms with Gasteiger partial charge in [-0.25, -0.2) is 0 Å². The lowest BCUT2D eigenvalue weighted by Gasteiger charge is -2.20. The molecule has 0 heterocycles. The second-order valence-electron chi connectivity index (χ2n) is 5.27. The lowest BCUT2D eigenvalue weighted by molar-refractivity contribution is -0.138. The summed E-state index contributed by atoms with van der Waals surface area (Å²) < 4.78 is 39.4. The van der Waals surface area contributed by atoms with Crippen molar-refractivity contribution in [3.8, 4) is 0 Å². The van der Waals surface area contributed by atoms with E-state index in [-0.39, 0.29) is 0 Å². The number of likely N-dealkylation sites (N-methyl/N-ethyl adjacent to an activating group) is 1. The molecule has 0 saturated heterocycles. The molecule has 0 aliphatic heterocycles. The van der Waals surface area contributed by atoms with Crippen LogP contribution in [0.4, 0.5) is 13.2 Å². The van der Waals surface area contributed by atoms with Crippen molar-refractivity contribution in [3.05, 3.63) is 33.8 Å². The van der Waals surface area contributed by atoms with E-state index in [0.29, 0.717) is 22.6 Å². The highest BCUT2D eigenvalue weighted by Crippen LogP contribution is 2.34. The van der Waals surface area contributed by atoms with Crippen molar-refractivity contribution < 1.29 is 13.2 Å². The van der Waals surface area contributed by atoms with Gasteiger partial charge in [-0.1, -0.05) is 22.0 Å². The first-order valence-electron chi connectivity index (χ1n) is 6.64. The molecule has 6 heteroatoms. The topological polar surface area (TPSA) is 15.3 Å². The fraction of sp³-hybridized carbons (Fsp3) is 0.571. The Morgan fingerprint density at radius 2 is 2.05 bits per heavy atom. The van der Waals surface area contributed by atoms with Crippen molar-refractivity contribution in [2.75, 3.05) is 20.1 Å². The smallest absolute Gasteiger partial charge is 0.313 e. The molecule has 0 amide bonds. The van der Waals surface area contributed by atoms with Gasteiger partial charge in [-0.05, 0) is 37.6 Å². The third-order valence-corrected chi connectivity index (χ3v) is 3.81. The van der Waals surface area contributed by atoms with Crippen LogP contribution in [0.15, 0.2) is 22.7 Å². The Morgan fingerprint density at radius 3 is 2.65 bits per heavy atom. The summed E-state index contributed by atoms with van der Waals surface area (Å²) in [7, 11) is 1.84. The van der Waals surface area contributed by atoms with E-state index < -0.39 is 11.7 Å². The molecule has 1 fully saturated rings. The van der Waals surface area contributed by atoms with Crippen molar-refractivity contribution in [2.45, 2.75) is 31.6 Å². The third-order valence-electron chi connectivity index (χ3n) is 3.32. The molecule has 1 N–H and O–H groups in total. The molecule has 0 radical (unpaired) electrons.